The number of halogens is 1. The Morgan fingerprint density at radius 2 is 1.64 bits per heavy atom. The lowest BCUT2D eigenvalue weighted by molar-refractivity contribution is -0.137. The molecule has 8 nitrogen and oxygen atoms in total. The van der Waals surface area contributed by atoms with Gasteiger partial charge < -0.3 is 15.5 Å². The van der Waals surface area contributed by atoms with Crippen LogP contribution in [0.25, 0.3) is 10.8 Å². The van der Waals surface area contributed by atoms with Crippen molar-refractivity contribution in [2.75, 3.05) is 32.8 Å². The highest BCUT2D eigenvalue weighted by Gasteiger charge is 2.30. The summed E-state index contributed by atoms with van der Waals surface area (Å²) in [5.41, 5.74) is 6.47. The van der Waals surface area contributed by atoms with E-state index in [1.165, 1.54) is 4.31 Å². The van der Waals surface area contributed by atoms with Gasteiger partial charge in [-0.15, -0.1) is 0 Å². The van der Waals surface area contributed by atoms with Crippen molar-refractivity contribution >= 4 is 44.1 Å². The maximum atomic E-state index is 13.1. The van der Waals surface area contributed by atoms with Gasteiger partial charge in [0.1, 0.15) is 0 Å². The number of piperazine rings is 1. The maximum absolute atomic E-state index is 13.1. The van der Waals surface area contributed by atoms with Crippen LogP contribution in [0.4, 0.5) is 0 Å². The second-order valence-corrected chi connectivity index (χ2v) is 9.93. The van der Waals surface area contributed by atoms with E-state index in [0.29, 0.717) is 10.6 Å². The van der Waals surface area contributed by atoms with Crippen molar-refractivity contribution < 1.29 is 18.0 Å². The van der Waals surface area contributed by atoms with Crippen molar-refractivity contribution in [3.63, 3.8) is 0 Å². The zero-order valence-electron chi connectivity index (χ0n) is 17.7. The van der Waals surface area contributed by atoms with Crippen molar-refractivity contribution in [1.82, 2.24) is 9.21 Å². The highest BCUT2D eigenvalue weighted by Crippen LogP contribution is 2.23. The molecule has 172 valence electrons. The summed E-state index contributed by atoms with van der Waals surface area (Å²) in [4.78, 5) is 19.3. The zero-order chi connectivity index (χ0) is 23.4. The van der Waals surface area contributed by atoms with E-state index in [-0.39, 0.29) is 49.4 Å². The van der Waals surface area contributed by atoms with Crippen molar-refractivity contribution in [1.29, 1.82) is 0 Å². The Balaban J connectivity index is 1.32. The number of benzene rings is 3. The molecule has 1 aliphatic rings. The topological polar surface area (TPSA) is 105 Å². The SMILES string of the molecule is N/C(=N\OCC(=O)N1CCN(S(=O)(=O)c2ccc3ccccc3c2)CC1)c1ccc(Cl)cc1. The van der Waals surface area contributed by atoms with Crippen LogP contribution in [0.1, 0.15) is 5.56 Å². The summed E-state index contributed by atoms with van der Waals surface area (Å²) in [6, 6.07) is 19.4. The molecule has 33 heavy (non-hydrogen) atoms. The van der Waals surface area contributed by atoms with Crippen LogP contribution >= 0.6 is 11.6 Å². The standard InChI is InChI=1S/C23H23ClN4O4S/c24-20-8-5-18(6-9-20)23(25)26-32-16-22(29)27-11-13-28(14-12-27)33(30,31)21-10-7-17-3-1-2-4-19(17)15-21/h1-10,15H,11-14,16H2,(H2,25,26). The Kier molecular flexibility index (Phi) is 6.83. The van der Waals surface area contributed by atoms with Crippen LogP contribution < -0.4 is 5.73 Å². The second kappa shape index (κ2) is 9.78. The summed E-state index contributed by atoms with van der Waals surface area (Å²) in [7, 11) is -3.65. The van der Waals surface area contributed by atoms with Gasteiger partial charge in [-0.2, -0.15) is 4.31 Å². The Morgan fingerprint density at radius 1 is 0.970 bits per heavy atom. The predicted molar refractivity (Wildman–Crippen MR) is 127 cm³/mol. The normalized spacial score (nSPS) is 15.5. The Morgan fingerprint density at radius 3 is 2.33 bits per heavy atom. The summed E-state index contributed by atoms with van der Waals surface area (Å²) >= 11 is 5.84. The number of hydrogen-bond donors (Lipinski definition) is 1. The molecule has 1 saturated heterocycles. The molecule has 0 aliphatic carbocycles. The number of carbonyl (C=O) groups is 1. The van der Waals surface area contributed by atoms with Crippen LogP contribution in [-0.2, 0) is 19.7 Å². The van der Waals surface area contributed by atoms with Gasteiger partial charge in [0.25, 0.3) is 5.91 Å². The smallest absolute Gasteiger partial charge is 0.263 e. The predicted octanol–water partition coefficient (Wildman–Crippen LogP) is 2.66. The van der Waals surface area contributed by atoms with Crippen molar-refractivity contribution in [2.45, 2.75) is 4.90 Å². The summed E-state index contributed by atoms with van der Waals surface area (Å²) in [6.45, 7) is 0.663. The fourth-order valence-corrected chi connectivity index (χ4v) is 5.16. The van der Waals surface area contributed by atoms with Crippen LogP contribution in [0.2, 0.25) is 5.02 Å². The molecule has 1 fully saturated rings. The number of amidine groups is 1. The molecule has 0 aromatic heterocycles. The van der Waals surface area contributed by atoms with Crippen LogP contribution in [-0.4, -0.2) is 62.2 Å². The quantitative estimate of drug-likeness (QED) is 0.327. The van der Waals surface area contributed by atoms with Gasteiger partial charge in [-0.3, -0.25) is 4.79 Å². The number of fused-ring (bicyclic) bond motifs is 1. The first-order chi connectivity index (χ1) is 15.8. The molecule has 10 heteroatoms. The monoisotopic (exact) mass is 486 g/mol. The van der Waals surface area contributed by atoms with E-state index < -0.39 is 10.0 Å². The highest BCUT2D eigenvalue weighted by atomic mass is 35.5. The largest absolute Gasteiger partial charge is 0.384 e. The van der Waals surface area contributed by atoms with Gasteiger partial charge in [0, 0.05) is 36.8 Å². The Labute approximate surface area is 197 Å². The number of nitrogens with zero attached hydrogens (tertiary/aromatic N) is 3. The second-order valence-electron chi connectivity index (χ2n) is 7.55. The molecular weight excluding hydrogens is 464 g/mol. The van der Waals surface area contributed by atoms with E-state index in [4.69, 9.17) is 22.2 Å². The molecule has 2 N–H and O–H groups in total. The van der Waals surface area contributed by atoms with Crippen LogP contribution in [0.5, 0.6) is 0 Å². The van der Waals surface area contributed by atoms with Crippen molar-refractivity contribution in [2.24, 2.45) is 10.9 Å². The van der Waals surface area contributed by atoms with Gasteiger partial charge in [0.2, 0.25) is 10.0 Å². The fourth-order valence-electron chi connectivity index (χ4n) is 3.58. The average Bonchev–Trinajstić information content (AvgIpc) is 2.84. The van der Waals surface area contributed by atoms with Gasteiger partial charge in [0.05, 0.1) is 4.90 Å². The first-order valence-corrected chi connectivity index (χ1v) is 12.1. The molecule has 0 radical (unpaired) electrons. The molecule has 0 unspecified atom stereocenters. The third-order valence-corrected chi connectivity index (χ3v) is 7.59. The third-order valence-electron chi connectivity index (χ3n) is 5.44. The number of carbonyl (C=O) groups excluding carboxylic acids is 1. The molecule has 0 bridgehead atoms. The van der Waals surface area contributed by atoms with E-state index >= 15 is 0 Å². The maximum Gasteiger partial charge on any atom is 0.263 e. The lowest BCUT2D eigenvalue weighted by Gasteiger charge is -2.33. The van der Waals surface area contributed by atoms with Crippen LogP contribution in [0.3, 0.4) is 0 Å². The van der Waals surface area contributed by atoms with Gasteiger partial charge in [-0.05, 0) is 47.2 Å². The highest BCUT2D eigenvalue weighted by molar-refractivity contribution is 7.89. The van der Waals surface area contributed by atoms with Crippen molar-refractivity contribution in [3.05, 3.63) is 77.3 Å². The first-order valence-electron chi connectivity index (χ1n) is 10.3. The van der Waals surface area contributed by atoms with E-state index in [2.05, 4.69) is 5.16 Å². The third kappa shape index (κ3) is 5.27. The van der Waals surface area contributed by atoms with Crippen molar-refractivity contribution in [3.8, 4) is 0 Å². The molecule has 0 saturated carbocycles. The minimum atomic E-state index is -3.65. The molecular formula is C23H23ClN4O4S. The van der Waals surface area contributed by atoms with Gasteiger partial charge >= 0.3 is 0 Å². The average molecular weight is 487 g/mol. The molecule has 3 aromatic carbocycles. The minimum Gasteiger partial charge on any atom is -0.384 e. The summed E-state index contributed by atoms with van der Waals surface area (Å²) in [5.74, 6) is -0.156. The molecule has 1 heterocycles. The van der Waals surface area contributed by atoms with E-state index in [0.717, 1.165) is 10.8 Å². The lowest BCUT2D eigenvalue weighted by atomic mass is 10.1. The molecule has 4 rings (SSSR count). The Hall–Kier alpha value is -3.14. The van der Waals surface area contributed by atoms with Gasteiger partial charge in [-0.25, -0.2) is 8.42 Å². The van der Waals surface area contributed by atoms with Gasteiger partial charge in [-0.1, -0.05) is 47.1 Å². The molecule has 0 spiro atoms. The summed E-state index contributed by atoms with van der Waals surface area (Å²) < 4.78 is 27.5. The number of hydrogen-bond acceptors (Lipinski definition) is 5. The lowest BCUT2D eigenvalue weighted by Crippen LogP contribution is -2.51. The molecule has 1 amide bonds. The first kappa shape index (κ1) is 23.0. The van der Waals surface area contributed by atoms with E-state index in [9.17, 15) is 13.2 Å². The number of nitrogens with two attached hydrogens (primary N) is 1. The summed E-state index contributed by atoms with van der Waals surface area (Å²) in [6.07, 6.45) is 0. The zero-order valence-corrected chi connectivity index (χ0v) is 19.3. The summed E-state index contributed by atoms with van der Waals surface area (Å²) in [5, 5.41) is 6.19. The molecule has 3 aromatic rings. The number of amides is 1. The van der Waals surface area contributed by atoms with E-state index in [1.54, 1.807) is 47.4 Å². The Bertz CT molecular complexity index is 1290. The number of rotatable bonds is 6. The minimum absolute atomic E-state index is 0.130. The van der Waals surface area contributed by atoms with Crippen LogP contribution in [0, 0.1) is 0 Å². The number of oxime groups is 1. The molecule has 0 atom stereocenters. The fraction of sp³-hybridized carbons (Fsp3) is 0.217. The number of sulfonamides is 1. The van der Waals surface area contributed by atoms with Gasteiger partial charge in [0.15, 0.2) is 12.4 Å². The van der Waals surface area contributed by atoms with E-state index in [1.807, 2.05) is 24.3 Å². The van der Waals surface area contributed by atoms with Crippen LogP contribution in [0.15, 0.2) is 76.8 Å². The molecule has 1 aliphatic heterocycles.